The molecule has 1 unspecified atom stereocenters. The number of hydrogen-bond donors (Lipinski definition) is 1. The van der Waals surface area contributed by atoms with Crippen LogP contribution in [0.2, 0.25) is 0 Å². The minimum atomic E-state index is -4.92. The molecule has 246 valence electrons. The van der Waals surface area contributed by atoms with Crippen molar-refractivity contribution in [1.82, 2.24) is 9.80 Å². The van der Waals surface area contributed by atoms with E-state index in [1.807, 2.05) is 0 Å². The van der Waals surface area contributed by atoms with Crippen LogP contribution in [0, 0.1) is 0 Å². The molecule has 0 aromatic heterocycles. The number of nitrogens with zero attached hydrogens (tertiary/aromatic N) is 3. The summed E-state index contributed by atoms with van der Waals surface area (Å²) in [6, 6.07) is 10.8. The second kappa shape index (κ2) is 11.8. The number of sulfonamides is 1. The topological polar surface area (TPSA) is 126 Å². The molecule has 11 nitrogen and oxygen atoms in total. The molecule has 2 amide bonds. The maximum Gasteiger partial charge on any atom is 0.416 e. The number of carbonyl (C=O) groups is 2. The lowest BCUT2D eigenvalue weighted by Crippen LogP contribution is -2.59. The Morgan fingerprint density at radius 2 is 1.63 bits per heavy atom. The Labute approximate surface area is 263 Å². The van der Waals surface area contributed by atoms with Gasteiger partial charge in [-0.3, -0.25) is 14.5 Å². The Balaban J connectivity index is 1.91. The normalized spacial score (nSPS) is 21.7. The fourth-order valence-corrected chi connectivity index (χ4v) is 7.83. The number of amides is 2. The van der Waals surface area contributed by atoms with Gasteiger partial charge in [0.1, 0.15) is 22.1 Å². The number of benzene rings is 3. The number of halogens is 3. The zero-order chi connectivity index (χ0) is 33.8. The van der Waals surface area contributed by atoms with E-state index in [1.165, 1.54) is 75.6 Å². The molecule has 0 radical (unpaired) electrons. The highest BCUT2D eigenvalue weighted by Crippen LogP contribution is 2.55. The Kier molecular flexibility index (Phi) is 8.47. The molecule has 3 aromatic carbocycles. The van der Waals surface area contributed by atoms with Gasteiger partial charge in [0.05, 0.1) is 44.7 Å². The predicted molar refractivity (Wildman–Crippen MR) is 159 cm³/mol. The minimum Gasteiger partial charge on any atom is -0.497 e. The first-order chi connectivity index (χ1) is 21.6. The number of hydrogen-bond acceptors (Lipinski definition) is 9. The van der Waals surface area contributed by atoms with Gasteiger partial charge in [-0.1, -0.05) is 18.2 Å². The van der Waals surface area contributed by atoms with Crippen LogP contribution in [0.3, 0.4) is 0 Å². The van der Waals surface area contributed by atoms with Gasteiger partial charge in [-0.05, 0) is 42.8 Å². The summed E-state index contributed by atoms with van der Waals surface area (Å²) in [6.45, 7) is -0.358. The number of alkyl halides is 3. The highest BCUT2D eigenvalue weighted by molar-refractivity contribution is 7.93. The van der Waals surface area contributed by atoms with Crippen molar-refractivity contribution in [3.8, 4) is 17.2 Å². The van der Waals surface area contributed by atoms with Gasteiger partial charge in [0, 0.05) is 37.8 Å². The van der Waals surface area contributed by atoms with Gasteiger partial charge < -0.3 is 24.2 Å². The summed E-state index contributed by atoms with van der Waals surface area (Å²) in [4.78, 5) is 30.8. The summed E-state index contributed by atoms with van der Waals surface area (Å²) in [5.41, 5.74) is -4.30. The van der Waals surface area contributed by atoms with Crippen molar-refractivity contribution in [1.29, 1.82) is 0 Å². The first-order valence-corrected chi connectivity index (χ1v) is 15.4. The van der Waals surface area contributed by atoms with E-state index in [0.29, 0.717) is 16.4 Å². The van der Waals surface area contributed by atoms with Gasteiger partial charge >= 0.3 is 6.18 Å². The second-order valence-corrected chi connectivity index (χ2v) is 12.8. The van der Waals surface area contributed by atoms with Gasteiger partial charge in [-0.15, -0.1) is 0 Å². The van der Waals surface area contributed by atoms with E-state index in [0.717, 1.165) is 12.1 Å². The van der Waals surface area contributed by atoms with Gasteiger partial charge in [0.25, 0.3) is 15.9 Å². The van der Waals surface area contributed by atoms with Gasteiger partial charge in [0.2, 0.25) is 5.91 Å². The lowest BCUT2D eigenvalue weighted by atomic mass is 9.80. The molecule has 1 fully saturated rings. The quantitative estimate of drug-likeness (QED) is 0.387. The lowest BCUT2D eigenvalue weighted by molar-refractivity contribution is -0.140. The van der Waals surface area contributed by atoms with Crippen LogP contribution in [-0.2, 0) is 31.3 Å². The van der Waals surface area contributed by atoms with Crippen molar-refractivity contribution in [3.05, 3.63) is 77.4 Å². The lowest BCUT2D eigenvalue weighted by Gasteiger charge is -2.42. The second-order valence-electron chi connectivity index (χ2n) is 11.0. The highest BCUT2D eigenvalue weighted by atomic mass is 32.2. The van der Waals surface area contributed by atoms with Crippen molar-refractivity contribution in [2.75, 3.05) is 46.3 Å². The Bertz CT molecular complexity index is 1800. The Hall–Kier alpha value is -4.34. The molecular weight excluding hydrogens is 631 g/mol. The molecule has 3 aromatic rings. The van der Waals surface area contributed by atoms with Gasteiger partial charge in [-0.2, -0.15) is 13.2 Å². The average molecular weight is 664 g/mol. The molecule has 2 aliphatic rings. The van der Waals surface area contributed by atoms with Crippen LogP contribution < -0.4 is 18.5 Å². The number of ether oxygens (including phenoxy) is 3. The maximum absolute atomic E-state index is 15.2. The number of β-amino-alcohol motifs (C(OH)–C–C–N with tert-alkyl or cyclic N) is 1. The largest absolute Gasteiger partial charge is 0.497 e. The van der Waals surface area contributed by atoms with E-state index >= 15 is 4.79 Å². The Morgan fingerprint density at radius 1 is 0.957 bits per heavy atom. The number of methoxy groups -OCH3 is 3. The standard InChI is InChI=1S/C31H32F3N3O8S/c1-35(2)28(39)24-15-19(38)17-36(24)30(21-8-6-7-9-25(21)44-4)22-14-18(31(32,33)34)10-12-23(22)37(29(30)40)46(41,42)27-13-11-20(43-3)16-26(27)45-5/h6-14,16,19,24,38H,15,17H2,1-5H3/t19-,24+,30?/m1/s1. The zero-order valence-corrected chi connectivity index (χ0v) is 26.3. The van der Waals surface area contributed by atoms with Crippen LogP contribution in [0.5, 0.6) is 17.2 Å². The van der Waals surface area contributed by atoms with Crippen LogP contribution in [-0.4, -0.2) is 89.3 Å². The van der Waals surface area contributed by atoms with Crippen LogP contribution >= 0.6 is 0 Å². The van der Waals surface area contributed by atoms with E-state index in [1.54, 1.807) is 6.07 Å². The number of likely N-dealkylation sites (tertiary alicyclic amines) is 1. The van der Waals surface area contributed by atoms with Crippen LogP contribution in [0.4, 0.5) is 18.9 Å². The summed E-state index contributed by atoms with van der Waals surface area (Å²) in [5.74, 6) is -1.65. The zero-order valence-electron chi connectivity index (χ0n) is 25.5. The average Bonchev–Trinajstić information content (AvgIpc) is 3.54. The van der Waals surface area contributed by atoms with Crippen molar-refractivity contribution in [3.63, 3.8) is 0 Å². The third-order valence-electron chi connectivity index (χ3n) is 8.25. The molecule has 0 spiro atoms. The summed E-state index contributed by atoms with van der Waals surface area (Å²) in [7, 11) is 1.86. The molecule has 15 heteroatoms. The molecule has 2 aliphatic heterocycles. The number of likely N-dealkylation sites (N-methyl/N-ethyl adjacent to an activating group) is 1. The van der Waals surface area contributed by atoms with Gasteiger partial charge in [-0.25, -0.2) is 12.7 Å². The maximum atomic E-state index is 15.2. The van der Waals surface area contributed by atoms with Crippen LogP contribution in [0.25, 0.3) is 0 Å². The molecule has 1 saturated heterocycles. The van der Waals surface area contributed by atoms with Crippen molar-refractivity contribution >= 4 is 27.5 Å². The molecule has 2 heterocycles. The van der Waals surface area contributed by atoms with E-state index < -0.39 is 56.2 Å². The van der Waals surface area contributed by atoms with Crippen molar-refractivity contribution in [2.45, 2.75) is 35.2 Å². The SMILES string of the molecule is COc1ccc(S(=O)(=O)N2C(=O)C(c3ccccc3OC)(N3C[C@H](O)C[C@H]3C(=O)N(C)C)c3cc(C(F)(F)F)ccc32)c(OC)c1. The number of fused-ring (bicyclic) bond motifs is 1. The third kappa shape index (κ3) is 5.02. The fraction of sp³-hybridized carbons (Fsp3) is 0.355. The summed E-state index contributed by atoms with van der Waals surface area (Å²) in [6.07, 6.45) is -6.25. The number of carbonyl (C=O) groups excluding carboxylic acids is 2. The van der Waals surface area contributed by atoms with Crippen molar-refractivity contribution < 1.29 is 50.5 Å². The minimum absolute atomic E-state index is 0.0203. The summed E-state index contributed by atoms with van der Waals surface area (Å²) in [5, 5.41) is 10.9. The molecule has 5 rings (SSSR count). The first-order valence-electron chi connectivity index (χ1n) is 14.0. The predicted octanol–water partition coefficient (Wildman–Crippen LogP) is 3.23. The summed E-state index contributed by atoms with van der Waals surface area (Å²) < 4.78 is 88.4. The number of aliphatic hydroxyl groups excluding tert-OH is 1. The number of anilines is 1. The van der Waals surface area contributed by atoms with E-state index in [2.05, 4.69) is 0 Å². The highest BCUT2D eigenvalue weighted by Gasteiger charge is 2.64. The first kappa shape index (κ1) is 33.0. The van der Waals surface area contributed by atoms with E-state index in [9.17, 15) is 31.5 Å². The van der Waals surface area contributed by atoms with Crippen LogP contribution in [0.15, 0.2) is 65.6 Å². The molecule has 0 saturated carbocycles. The molecule has 0 aliphatic carbocycles. The third-order valence-corrected chi connectivity index (χ3v) is 9.98. The number of rotatable bonds is 8. The van der Waals surface area contributed by atoms with Gasteiger partial charge in [0.15, 0.2) is 5.54 Å². The van der Waals surface area contributed by atoms with Crippen molar-refractivity contribution in [2.24, 2.45) is 0 Å². The number of aliphatic hydroxyl groups is 1. The van der Waals surface area contributed by atoms with Crippen LogP contribution in [0.1, 0.15) is 23.1 Å². The molecular formula is C31H32F3N3O8S. The fourth-order valence-electron chi connectivity index (χ4n) is 6.23. The molecule has 1 N–H and O–H groups in total. The number of para-hydroxylation sites is 1. The molecule has 46 heavy (non-hydrogen) atoms. The molecule has 0 bridgehead atoms. The van der Waals surface area contributed by atoms with E-state index in [4.69, 9.17) is 14.2 Å². The summed E-state index contributed by atoms with van der Waals surface area (Å²) >= 11 is 0. The Morgan fingerprint density at radius 3 is 2.24 bits per heavy atom. The van der Waals surface area contributed by atoms with E-state index in [-0.39, 0.29) is 47.0 Å². The smallest absolute Gasteiger partial charge is 0.416 e. The molecule has 3 atom stereocenters. The monoisotopic (exact) mass is 663 g/mol.